The first-order chi connectivity index (χ1) is 11.3. The fourth-order valence-corrected chi connectivity index (χ4v) is 3.13. The zero-order valence-electron chi connectivity index (χ0n) is 15.8. The Labute approximate surface area is 148 Å². The van der Waals surface area contributed by atoms with Crippen LogP contribution >= 0.6 is 0 Å². The minimum atomic E-state index is -3.87. The predicted molar refractivity (Wildman–Crippen MR) is 97.9 cm³/mol. The van der Waals surface area contributed by atoms with Crippen LogP contribution in [0.4, 0.5) is 0 Å². The molecule has 6 nitrogen and oxygen atoms in total. The van der Waals surface area contributed by atoms with Crippen molar-refractivity contribution in [2.75, 3.05) is 58.9 Å². The first kappa shape index (κ1) is 23.8. The lowest BCUT2D eigenvalue weighted by Crippen LogP contribution is -2.48. The molecule has 0 aromatic carbocycles. The van der Waals surface area contributed by atoms with Crippen LogP contribution in [0, 0.1) is 0 Å². The zero-order valence-corrected chi connectivity index (χ0v) is 16.7. The fraction of sp³-hybridized carbons (Fsp3) is 1.00. The van der Waals surface area contributed by atoms with E-state index in [2.05, 4.69) is 20.9 Å². The SMILES string of the molecule is CCCCCC[N+](C)(CCCS(=O)(=O)O)CCOCCOCCC. The van der Waals surface area contributed by atoms with E-state index in [1.807, 2.05) is 0 Å². The molecule has 1 N–H and O–H groups in total. The Bertz CT molecular complexity index is 388. The number of hydrogen-bond donors (Lipinski definition) is 1. The van der Waals surface area contributed by atoms with E-state index in [9.17, 15) is 8.42 Å². The molecule has 0 aromatic rings. The van der Waals surface area contributed by atoms with Crippen molar-refractivity contribution in [1.29, 1.82) is 0 Å². The molecule has 1 atom stereocenters. The minimum Gasteiger partial charge on any atom is -0.379 e. The first-order valence-electron chi connectivity index (χ1n) is 9.27. The van der Waals surface area contributed by atoms with Gasteiger partial charge in [-0.3, -0.25) is 4.55 Å². The van der Waals surface area contributed by atoms with Gasteiger partial charge < -0.3 is 14.0 Å². The molecule has 0 saturated carbocycles. The van der Waals surface area contributed by atoms with Gasteiger partial charge in [-0.1, -0.05) is 26.7 Å². The summed E-state index contributed by atoms with van der Waals surface area (Å²) in [5.74, 6) is -0.165. The van der Waals surface area contributed by atoms with Crippen molar-refractivity contribution in [3.05, 3.63) is 0 Å². The minimum absolute atomic E-state index is 0.165. The Balaban J connectivity index is 4.14. The van der Waals surface area contributed by atoms with Crippen LogP contribution in [-0.2, 0) is 19.6 Å². The molecule has 0 bridgehead atoms. The van der Waals surface area contributed by atoms with Gasteiger partial charge in [0.05, 0.1) is 45.7 Å². The third-order valence-corrected chi connectivity index (χ3v) is 4.95. The van der Waals surface area contributed by atoms with Gasteiger partial charge in [-0.05, 0) is 19.3 Å². The Morgan fingerprint density at radius 2 is 1.42 bits per heavy atom. The highest BCUT2D eigenvalue weighted by atomic mass is 32.2. The molecule has 0 heterocycles. The van der Waals surface area contributed by atoms with E-state index in [1.165, 1.54) is 19.3 Å². The monoisotopic (exact) mass is 368 g/mol. The summed E-state index contributed by atoms with van der Waals surface area (Å²) in [5.41, 5.74) is 0. The molecule has 0 amide bonds. The van der Waals surface area contributed by atoms with Gasteiger partial charge in [-0.25, -0.2) is 0 Å². The Morgan fingerprint density at radius 3 is 2.00 bits per heavy atom. The summed E-state index contributed by atoms with van der Waals surface area (Å²) in [6, 6.07) is 0. The topological polar surface area (TPSA) is 72.8 Å². The lowest BCUT2D eigenvalue weighted by molar-refractivity contribution is -0.910. The standard InChI is InChI=1S/C17H37NO5S/c1-4-6-7-8-10-18(3,11-9-17-24(19,20)21)12-14-23-16-15-22-13-5-2/h4-17H2,1-3H3/p+1. The molecular weight excluding hydrogens is 330 g/mol. The molecule has 7 heteroatoms. The van der Waals surface area contributed by atoms with Crippen LogP contribution in [0.25, 0.3) is 0 Å². The van der Waals surface area contributed by atoms with Gasteiger partial charge in [0.2, 0.25) is 0 Å². The summed E-state index contributed by atoms with van der Waals surface area (Å²) < 4.78 is 42.5. The molecule has 0 aliphatic carbocycles. The molecule has 0 rings (SSSR count). The van der Waals surface area contributed by atoms with Crippen LogP contribution < -0.4 is 0 Å². The highest BCUT2D eigenvalue weighted by Crippen LogP contribution is 2.10. The van der Waals surface area contributed by atoms with E-state index < -0.39 is 10.1 Å². The fourth-order valence-electron chi connectivity index (χ4n) is 2.64. The van der Waals surface area contributed by atoms with Crippen LogP contribution in [0.15, 0.2) is 0 Å². The van der Waals surface area contributed by atoms with Gasteiger partial charge in [-0.15, -0.1) is 0 Å². The molecule has 0 aliphatic rings. The molecule has 0 aliphatic heterocycles. The van der Waals surface area contributed by atoms with Gasteiger partial charge in [0.25, 0.3) is 10.1 Å². The van der Waals surface area contributed by atoms with E-state index in [1.54, 1.807) is 0 Å². The van der Waals surface area contributed by atoms with Crippen molar-refractivity contribution in [1.82, 2.24) is 0 Å². The van der Waals surface area contributed by atoms with E-state index in [-0.39, 0.29) is 5.75 Å². The number of hydrogen-bond acceptors (Lipinski definition) is 4. The number of quaternary nitrogens is 1. The number of nitrogens with zero attached hydrogens (tertiary/aromatic N) is 1. The maximum absolute atomic E-state index is 10.9. The summed E-state index contributed by atoms with van der Waals surface area (Å²) in [4.78, 5) is 0. The highest BCUT2D eigenvalue weighted by molar-refractivity contribution is 7.85. The summed E-state index contributed by atoms with van der Waals surface area (Å²) in [5, 5.41) is 0. The lowest BCUT2D eigenvalue weighted by atomic mass is 10.2. The van der Waals surface area contributed by atoms with Crippen LogP contribution in [0.2, 0.25) is 0 Å². The second kappa shape index (κ2) is 14.0. The highest BCUT2D eigenvalue weighted by Gasteiger charge is 2.21. The maximum Gasteiger partial charge on any atom is 0.265 e. The van der Waals surface area contributed by atoms with Gasteiger partial charge in [0.1, 0.15) is 6.54 Å². The van der Waals surface area contributed by atoms with E-state index in [0.29, 0.717) is 26.2 Å². The summed E-state index contributed by atoms with van der Waals surface area (Å²) in [6.07, 6.45) is 6.26. The Kier molecular flexibility index (Phi) is 13.9. The smallest absolute Gasteiger partial charge is 0.265 e. The van der Waals surface area contributed by atoms with Crippen LogP contribution in [0.3, 0.4) is 0 Å². The maximum atomic E-state index is 10.9. The Hall–Kier alpha value is -0.210. The quantitative estimate of drug-likeness (QED) is 0.243. The molecule has 1 unspecified atom stereocenters. The van der Waals surface area contributed by atoms with Crippen molar-refractivity contribution < 1.29 is 26.9 Å². The molecule has 0 spiro atoms. The van der Waals surface area contributed by atoms with E-state index in [0.717, 1.165) is 43.6 Å². The van der Waals surface area contributed by atoms with Gasteiger partial charge >= 0.3 is 0 Å². The average Bonchev–Trinajstić information content (AvgIpc) is 2.50. The summed E-state index contributed by atoms with van der Waals surface area (Å²) >= 11 is 0. The normalized spacial score (nSPS) is 14.7. The third kappa shape index (κ3) is 15.3. The molecule has 146 valence electrons. The summed E-state index contributed by atoms with van der Waals surface area (Å²) in [7, 11) is -1.73. The molecule has 0 saturated heterocycles. The average molecular weight is 369 g/mol. The predicted octanol–water partition coefficient (Wildman–Crippen LogP) is 2.73. The van der Waals surface area contributed by atoms with E-state index >= 15 is 0 Å². The third-order valence-electron chi connectivity index (χ3n) is 4.15. The van der Waals surface area contributed by atoms with Crippen LogP contribution in [0.5, 0.6) is 0 Å². The zero-order chi connectivity index (χ0) is 18.3. The van der Waals surface area contributed by atoms with Gasteiger partial charge in [0.15, 0.2) is 0 Å². The largest absolute Gasteiger partial charge is 0.379 e. The van der Waals surface area contributed by atoms with Crippen molar-refractivity contribution >= 4 is 10.1 Å². The van der Waals surface area contributed by atoms with Crippen molar-refractivity contribution in [3.63, 3.8) is 0 Å². The van der Waals surface area contributed by atoms with Crippen molar-refractivity contribution in [3.8, 4) is 0 Å². The van der Waals surface area contributed by atoms with Gasteiger partial charge in [-0.2, -0.15) is 8.42 Å². The number of rotatable bonds is 17. The second-order valence-corrected chi connectivity index (χ2v) is 8.29. The number of likely N-dealkylation sites (N-methyl/N-ethyl adjacent to an activating group) is 1. The first-order valence-corrected chi connectivity index (χ1v) is 10.9. The van der Waals surface area contributed by atoms with E-state index in [4.69, 9.17) is 14.0 Å². The van der Waals surface area contributed by atoms with Crippen LogP contribution in [0.1, 0.15) is 52.4 Å². The molecule has 0 aromatic heterocycles. The summed E-state index contributed by atoms with van der Waals surface area (Å²) in [6.45, 7) is 9.51. The van der Waals surface area contributed by atoms with Crippen molar-refractivity contribution in [2.24, 2.45) is 0 Å². The lowest BCUT2D eigenvalue weighted by Gasteiger charge is -2.34. The molecule has 0 radical (unpaired) electrons. The van der Waals surface area contributed by atoms with Crippen LogP contribution in [-0.4, -0.2) is 76.3 Å². The molecule has 0 fully saturated rings. The second-order valence-electron chi connectivity index (χ2n) is 6.72. The van der Waals surface area contributed by atoms with Crippen molar-refractivity contribution in [2.45, 2.75) is 52.4 Å². The molecule has 24 heavy (non-hydrogen) atoms. The number of ether oxygens (including phenoxy) is 2. The molecular formula is C17H38NO5S+. The van der Waals surface area contributed by atoms with Gasteiger partial charge in [0, 0.05) is 13.0 Å². The Morgan fingerprint density at radius 1 is 0.792 bits per heavy atom. The number of unbranched alkanes of at least 4 members (excludes halogenated alkanes) is 3.